The molecule has 4 rings (SSSR count). The van der Waals surface area contributed by atoms with Gasteiger partial charge in [0.05, 0.1) is 29.3 Å². The Labute approximate surface area is 193 Å². The van der Waals surface area contributed by atoms with E-state index in [4.69, 9.17) is 27.9 Å². The number of nitrogens with zero attached hydrogens (tertiary/aromatic N) is 2. The van der Waals surface area contributed by atoms with Crippen molar-refractivity contribution in [1.82, 2.24) is 9.55 Å². The van der Waals surface area contributed by atoms with Crippen LogP contribution in [0.1, 0.15) is 18.4 Å². The van der Waals surface area contributed by atoms with Gasteiger partial charge in [-0.3, -0.25) is 14.2 Å². The zero-order valence-electron chi connectivity index (χ0n) is 16.9. The van der Waals surface area contributed by atoms with E-state index in [-0.39, 0.29) is 23.3 Å². The number of aryl methyl sites for hydroxylation is 1. The first-order valence-electron chi connectivity index (χ1n) is 9.91. The minimum absolute atomic E-state index is 0.0356. The third kappa shape index (κ3) is 5.23. The summed E-state index contributed by atoms with van der Waals surface area (Å²) in [5.41, 5.74) is 1.92. The average molecular weight is 478 g/mol. The predicted molar refractivity (Wildman–Crippen MR) is 126 cm³/mol. The molecule has 1 amide bonds. The summed E-state index contributed by atoms with van der Waals surface area (Å²) in [6, 6.07) is 10.4. The lowest BCUT2D eigenvalue weighted by atomic mass is 10.2. The van der Waals surface area contributed by atoms with Gasteiger partial charge >= 0.3 is 0 Å². The number of hydrogen-bond acceptors (Lipinski definition) is 5. The van der Waals surface area contributed by atoms with Crippen LogP contribution in [0.3, 0.4) is 0 Å². The molecule has 2 aromatic carbocycles. The molecule has 1 aliphatic rings. The molecule has 2 heterocycles. The van der Waals surface area contributed by atoms with Crippen molar-refractivity contribution in [2.24, 2.45) is 0 Å². The highest BCUT2D eigenvalue weighted by Gasteiger charge is 2.21. The van der Waals surface area contributed by atoms with Gasteiger partial charge in [0, 0.05) is 22.3 Å². The van der Waals surface area contributed by atoms with Gasteiger partial charge in [-0.15, -0.1) is 0 Å². The third-order valence-corrected chi connectivity index (χ3v) is 6.55. The summed E-state index contributed by atoms with van der Waals surface area (Å²) in [6.07, 6.45) is 1.83. The number of amides is 1. The Kier molecular flexibility index (Phi) is 6.86. The molecule has 1 aromatic heterocycles. The molecule has 3 aromatic rings. The standard InChI is InChI=1S/C22H21Cl2N3O3S/c1-13-4-5-14(23)9-18(13)25-20(28)12-31-22-26-19-10-15(24)6-7-17(19)21(29)27(22)11-16-3-2-8-30-16/h4-7,9-10,16H,2-3,8,11-12H2,1H3,(H,25,28). The zero-order chi connectivity index (χ0) is 22.0. The number of thioether (sulfide) groups is 1. The van der Waals surface area contributed by atoms with Crippen LogP contribution in [0.4, 0.5) is 5.69 Å². The summed E-state index contributed by atoms with van der Waals surface area (Å²) in [5.74, 6) is -0.116. The first kappa shape index (κ1) is 22.1. The van der Waals surface area contributed by atoms with Crippen molar-refractivity contribution in [2.45, 2.75) is 37.6 Å². The van der Waals surface area contributed by atoms with E-state index in [9.17, 15) is 9.59 Å². The number of carbonyl (C=O) groups excluding carboxylic acids is 1. The van der Waals surface area contributed by atoms with Crippen molar-refractivity contribution in [3.05, 3.63) is 62.4 Å². The molecule has 1 N–H and O–H groups in total. The van der Waals surface area contributed by atoms with Crippen LogP contribution in [0.5, 0.6) is 0 Å². The number of halogens is 2. The number of anilines is 1. The SMILES string of the molecule is Cc1ccc(Cl)cc1NC(=O)CSc1nc2cc(Cl)ccc2c(=O)n1CC1CCCO1. The van der Waals surface area contributed by atoms with E-state index < -0.39 is 0 Å². The second-order valence-electron chi connectivity index (χ2n) is 7.40. The summed E-state index contributed by atoms with van der Waals surface area (Å²) in [5, 5.41) is 4.88. The topological polar surface area (TPSA) is 73.2 Å². The van der Waals surface area contributed by atoms with Crippen molar-refractivity contribution in [3.8, 4) is 0 Å². The molecule has 0 spiro atoms. The molecule has 0 saturated carbocycles. The van der Waals surface area contributed by atoms with Gasteiger partial charge in [-0.25, -0.2) is 4.98 Å². The maximum absolute atomic E-state index is 13.2. The molecule has 0 radical (unpaired) electrons. The second-order valence-corrected chi connectivity index (χ2v) is 9.22. The first-order valence-corrected chi connectivity index (χ1v) is 11.7. The number of rotatable bonds is 6. The average Bonchev–Trinajstić information content (AvgIpc) is 3.24. The quantitative estimate of drug-likeness (QED) is 0.402. The maximum atomic E-state index is 13.2. The van der Waals surface area contributed by atoms with Crippen LogP contribution < -0.4 is 10.9 Å². The molecule has 162 valence electrons. The maximum Gasteiger partial charge on any atom is 0.262 e. The van der Waals surface area contributed by atoms with E-state index in [0.717, 1.165) is 18.4 Å². The summed E-state index contributed by atoms with van der Waals surface area (Å²) in [4.78, 5) is 30.4. The summed E-state index contributed by atoms with van der Waals surface area (Å²) < 4.78 is 7.32. The minimum atomic E-state index is -0.209. The van der Waals surface area contributed by atoms with Crippen LogP contribution in [0.25, 0.3) is 10.9 Å². The smallest absolute Gasteiger partial charge is 0.262 e. The van der Waals surface area contributed by atoms with Crippen LogP contribution >= 0.6 is 35.0 Å². The fraction of sp³-hybridized carbons (Fsp3) is 0.318. The van der Waals surface area contributed by atoms with E-state index in [2.05, 4.69) is 10.3 Å². The molecule has 1 fully saturated rings. The van der Waals surface area contributed by atoms with E-state index in [1.165, 1.54) is 11.8 Å². The Bertz CT molecular complexity index is 1190. The normalized spacial score (nSPS) is 16.0. The Morgan fingerprint density at radius 2 is 2.03 bits per heavy atom. The summed E-state index contributed by atoms with van der Waals surface area (Å²) >= 11 is 13.3. The number of benzene rings is 2. The summed E-state index contributed by atoms with van der Waals surface area (Å²) in [7, 11) is 0. The second kappa shape index (κ2) is 9.61. The predicted octanol–water partition coefficient (Wildman–Crippen LogP) is 4.92. The Hall–Kier alpha value is -2.06. The van der Waals surface area contributed by atoms with E-state index in [0.29, 0.717) is 44.9 Å². The molecule has 1 atom stereocenters. The fourth-order valence-corrected chi connectivity index (χ4v) is 4.63. The van der Waals surface area contributed by atoms with E-state index in [1.54, 1.807) is 34.9 Å². The number of aromatic nitrogens is 2. The van der Waals surface area contributed by atoms with Gasteiger partial charge in [-0.1, -0.05) is 41.0 Å². The molecular formula is C22H21Cl2N3O3S. The van der Waals surface area contributed by atoms with Gasteiger partial charge < -0.3 is 10.1 Å². The number of hydrogen-bond donors (Lipinski definition) is 1. The number of nitrogens with one attached hydrogen (secondary N) is 1. The monoisotopic (exact) mass is 477 g/mol. The largest absolute Gasteiger partial charge is 0.376 e. The van der Waals surface area contributed by atoms with Gasteiger partial charge in [0.15, 0.2) is 5.16 Å². The van der Waals surface area contributed by atoms with Crippen LogP contribution in [-0.4, -0.2) is 33.9 Å². The Morgan fingerprint density at radius 1 is 1.26 bits per heavy atom. The lowest BCUT2D eigenvalue weighted by Crippen LogP contribution is -2.29. The molecule has 0 aliphatic carbocycles. The van der Waals surface area contributed by atoms with Crippen LogP contribution in [0.15, 0.2) is 46.3 Å². The number of ether oxygens (including phenoxy) is 1. The lowest BCUT2D eigenvalue weighted by Gasteiger charge is -2.16. The minimum Gasteiger partial charge on any atom is -0.376 e. The zero-order valence-corrected chi connectivity index (χ0v) is 19.2. The molecule has 9 heteroatoms. The number of fused-ring (bicyclic) bond motifs is 1. The first-order chi connectivity index (χ1) is 14.9. The van der Waals surface area contributed by atoms with Gasteiger partial charge in [-0.2, -0.15) is 0 Å². The van der Waals surface area contributed by atoms with E-state index in [1.807, 2.05) is 13.0 Å². The van der Waals surface area contributed by atoms with Crippen LogP contribution in [-0.2, 0) is 16.1 Å². The fourth-order valence-electron chi connectivity index (χ4n) is 3.48. The third-order valence-electron chi connectivity index (χ3n) is 5.10. The van der Waals surface area contributed by atoms with Gasteiger partial charge in [0.25, 0.3) is 5.56 Å². The van der Waals surface area contributed by atoms with Crippen molar-refractivity contribution < 1.29 is 9.53 Å². The van der Waals surface area contributed by atoms with E-state index >= 15 is 0 Å². The summed E-state index contributed by atoms with van der Waals surface area (Å²) in [6.45, 7) is 2.99. The Morgan fingerprint density at radius 3 is 2.81 bits per heavy atom. The highest BCUT2D eigenvalue weighted by atomic mass is 35.5. The van der Waals surface area contributed by atoms with Crippen LogP contribution in [0, 0.1) is 6.92 Å². The lowest BCUT2D eigenvalue weighted by molar-refractivity contribution is -0.113. The highest BCUT2D eigenvalue weighted by molar-refractivity contribution is 7.99. The molecule has 1 aliphatic heterocycles. The molecule has 31 heavy (non-hydrogen) atoms. The molecular weight excluding hydrogens is 457 g/mol. The van der Waals surface area contributed by atoms with Crippen molar-refractivity contribution in [1.29, 1.82) is 0 Å². The molecule has 6 nitrogen and oxygen atoms in total. The van der Waals surface area contributed by atoms with Gasteiger partial charge in [-0.05, 0) is 55.7 Å². The highest BCUT2D eigenvalue weighted by Crippen LogP contribution is 2.24. The van der Waals surface area contributed by atoms with Crippen molar-refractivity contribution in [3.63, 3.8) is 0 Å². The van der Waals surface area contributed by atoms with Crippen molar-refractivity contribution >= 4 is 57.5 Å². The van der Waals surface area contributed by atoms with Crippen molar-refractivity contribution in [2.75, 3.05) is 17.7 Å². The number of carbonyl (C=O) groups is 1. The van der Waals surface area contributed by atoms with Gasteiger partial charge in [0.1, 0.15) is 0 Å². The van der Waals surface area contributed by atoms with Gasteiger partial charge in [0.2, 0.25) is 5.91 Å². The molecule has 1 unspecified atom stereocenters. The van der Waals surface area contributed by atoms with Crippen LogP contribution in [0.2, 0.25) is 10.0 Å². The molecule has 0 bridgehead atoms. The Balaban J connectivity index is 1.59. The molecule has 1 saturated heterocycles.